The predicted molar refractivity (Wildman–Crippen MR) is 104 cm³/mol. The Bertz CT molecular complexity index is 1010. The van der Waals surface area contributed by atoms with Crippen LogP contribution < -0.4 is 10.5 Å². The number of ether oxygens (including phenoxy) is 2. The smallest absolute Gasteiger partial charge is 0.341 e. The Morgan fingerprint density at radius 1 is 1.34 bits per heavy atom. The van der Waals surface area contributed by atoms with E-state index < -0.39 is 17.3 Å². The summed E-state index contributed by atoms with van der Waals surface area (Å²) in [5.41, 5.74) is 5.72. The topological polar surface area (TPSA) is 98.9 Å². The molecule has 1 aliphatic carbocycles. The van der Waals surface area contributed by atoms with Crippen molar-refractivity contribution in [2.75, 3.05) is 13.2 Å². The molecule has 0 aromatic heterocycles. The predicted octanol–water partition coefficient (Wildman–Crippen LogP) is 2.09. The maximum Gasteiger partial charge on any atom is 0.341 e. The average molecular weight is 394 g/mol. The molecule has 0 saturated carbocycles. The van der Waals surface area contributed by atoms with Gasteiger partial charge in [0.25, 0.3) is 0 Å². The second kappa shape index (κ2) is 6.92. The number of nitrogens with two attached hydrogens (primary N) is 1. The van der Waals surface area contributed by atoms with E-state index in [9.17, 15) is 14.4 Å². The van der Waals surface area contributed by atoms with E-state index in [-0.39, 0.29) is 30.4 Å². The quantitative estimate of drug-likeness (QED) is 0.620. The van der Waals surface area contributed by atoms with E-state index in [1.165, 1.54) is 4.90 Å². The van der Waals surface area contributed by atoms with E-state index in [4.69, 9.17) is 15.2 Å². The minimum Gasteiger partial charge on any atom is -0.462 e. The summed E-state index contributed by atoms with van der Waals surface area (Å²) in [4.78, 5) is 41.7. The van der Waals surface area contributed by atoms with Gasteiger partial charge in [0.05, 0.1) is 6.61 Å². The lowest BCUT2D eigenvalue weighted by molar-refractivity contribution is -0.142. The monoisotopic (exact) mass is 394 g/mol. The molecular formula is C22H22N2O5. The molecule has 1 aromatic rings. The summed E-state index contributed by atoms with van der Waals surface area (Å²) in [5.74, 6) is -1.21. The molecule has 7 heteroatoms. The summed E-state index contributed by atoms with van der Waals surface area (Å²) < 4.78 is 10.9. The van der Waals surface area contributed by atoms with Gasteiger partial charge in [0, 0.05) is 29.8 Å². The van der Waals surface area contributed by atoms with Crippen molar-refractivity contribution in [1.82, 2.24) is 4.90 Å². The highest BCUT2D eigenvalue weighted by atomic mass is 16.5. The van der Waals surface area contributed by atoms with Gasteiger partial charge in [0.2, 0.25) is 11.8 Å². The number of hydrogen-bond acceptors (Lipinski definition) is 6. The first-order valence-electron chi connectivity index (χ1n) is 9.62. The SMILES string of the molecule is C=CCN1C(=O)[C@]2(C(C(=O)OCC)=C(N)Oc3ccccc32)C2=C1CCCC2=O. The maximum absolute atomic E-state index is 13.9. The molecule has 2 N–H and O–H groups in total. The molecule has 29 heavy (non-hydrogen) atoms. The Kier molecular flexibility index (Phi) is 4.53. The van der Waals surface area contributed by atoms with Crippen LogP contribution in [-0.2, 0) is 24.5 Å². The number of carbonyl (C=O) groups is 3. The number of hydrogen-bond donors (Lipinski definition) is 1. The highest BCUT2D eigenvalue weighted by molar-refractivity contribution is 6.19. The molecule has 1 aromatic carbocycles. The number of esters is 1. The first-order valence-corrected chi connectivity index (χ1v) is 9.62. The number of benzene rings is 1. The molecule has 3 aliphatic rings. The minimum atomic E-state index is -1.67. The standard InChI is InChI=1S/C22H22N2O5/c1-3-12-24-14-9-7-10-15(25)17(14)22(21(24)27)13-8-5-6-11-16(13)29-19(23)18(22)20(26)28-4-2/h3,5-6,8,11H,1,4,7,9-10,12,23H2,2H3/t22-/m0/s1. The first-order chi connectivity index (χ1) is 14.0. The van der Waals surface area contributed by atoms with Crippen molar-refractivity contribution in [3.63, 3.8) is 0 Å². The van der Waals surface area contributed by atoms with Crippen LogP contribution in [0.25, 0.3) is 0 Å². The molecule has 1 amide bonds. The molecule has 0 saturated heterocycles. The van der Waals surface area contributed by atoms with Gasteiger partial charge < -0.3 is 20.1 Å². The summed E-state index contributed by atoms with van der Waals surface area (Å²) in [6.45, 7) is 5.72. The van der Waals surface area contributed by atoms with Crippen molar-refractivity contribution in [3.05, 3.63) is 65.2 Å². The Labute approximate surface area is 168 Å². The molecule has 1 atom stereocenters. The summed E-state index contributed by atoms with van der Waals surface area (Å²) in [5, 5.41) is 0. The molecule has 0 bridgehead atoms. The van der Waals surface area contributed by atoms with Gasteiger partial charge in [-0.1, -0.05) is 24.3 Å². The van der Waals surface area contributed by atoms with Crippen LogP contribution in [0.3, 0.4) is 0 Å². The zero-order valence-electron chi connectivity index (χ0n) is 16.2. The lowest BCUT2D eigenvalue weighted by Crippen LogP contribution is -2.49. The second-order valence-corrected chi connectivity index (χ2v) is 7.11. The number of ketones is 1. The maximum atomic E-state index is 13.9. The zero-order valence-corrected chi connectivity index (χ0v) is 16.2. The summed E-state index contributed by atoms with van der Waals surface area (Å²) in [6.07, 6.45) is 3.10. The molecule has 0 radical (unpaired) electrons. The highest BCUT2D eigenvalue weighted by Crippen LogP contribution is 2.56. The molecule has 2 heterocycles. The minimum absolute atomic E-state index is 0.0950. The number of amides is 1. The van der Waals surface area contributed by atoms with Gasteiger partial charge in [0.15, 0.2) is 5.78 Å². The fourth-order valence-corrected chi connectivity index (χ4v) is 4.57. The van der Waals surface area contributed by atoms with Crippen LogP contribution in [0.1, 0.15) is 31.7 Å². The summed E-state index contributed by atoms with van der Waals surface area (Å²) >= 11 is 0. The van der Waals surface area contributed by atoms with Crippen LogP contribution in [0.5, 0.6) is 5.75 Å². The number of nitrogens with zero attached hydrogens (tertiary/aromatic N) is 1. The van der Waals surface area contributed by atoms with E-state index in [0.29, 0.717) is 41.8 Å². The summed E-state index contributed by atoms with van der Waals surface area (Å²) in [6, 6.07) is 6.85. The van der Waals surface area contributed by atoms with E-state index in [2.05, 4.69) is 6.58 Å². The van der Waals surface area contributed by atoms with Gasteiger partial charge in [-0.3, -0.25) is 9.59 Å². The number of rotatable bonds is 4. The van der Waals surface area contributed by atoms with Crippen LogP contribution >= 0.6 is 0 Å². The largest absolute Gasteiger partial charge is 0.462 e. The van der Waals surface area contributed by atoms with Crippen molar-refractivity contribution in [3.8, 4) is 5.75 Å². The normalized spacial score (nSPS) is 23.1. The molecular weight excluding hydrogens is 372 g/mol. The number of allylic oxidation sites excluding steroid dienone is 1. The zero-order chi connectivity index (χ0) is 20.8. The van der Waals surface area contributed by atoms with Gasteiger partial charge >= 0.3 is 5.97 Å². The molecule has 7 nitrogen and oxygen atoms in total. The van der Waals surface area contributed by atoms with Crippen LogP contribution in [0.15, 0.2) is 59.6 Å². The average Bonchev–Trinajstić information content (AvgIpc) is 2.93. The lowest BCUT2D eigenvalue weighted by Gasteiger charge is -2.37. The van der Waals surface area contributed by atoms with E-state index in [1.807, 2.05) is 0 Å². The molecule has 1 spiro atoms. The van der Waals surface area contributed by atoms with Crippen molar-refractivity contribution in [1.29, 1.82) is 0 Å². The van der Waals surface area contributed by atoms with E-state index >= 15 is 0 Å². The summed E-state index contributed by atoms with van der Waals surface area (Å²) in [7, 11) is 0. The van der Waals surface area contributed by atoms with Crippen LogP contribution in [0, 0.1) is 0 Å². The molecule has 0 unspecified atom stereocenters. The number of Topliss-reactive ketones (excluding diaryl/α,β-unsaturated/α-hetero) is 1. The van der Waals surface area contributed by atoms with E-state index in [1.54, 1.807) is 37.3 Å². The lowest BCUT2D eigenvalue weighted by atomic mass is 9.65. The molecule has 4 rings (SSSR count). The molecule has 0 fully saturated rings. The van der Waals surface area contributed by atoms with Gasteiger partial charge in [-0.05, 0) is 25.8 Å². The van der Waals surface area contributed by atoms with Crippen LogP contribution in [-0.4, -0.2) is 35.7 Å². The fourth-order valence-electron chi connectivity index (χ4n) is 4.57. The van der Waals surface area contributed by atoms with Gasteiger partial charge in [0.1, 0.15) is 16.7 Å². The van der Waals surface area contributed by atoms with Gasteiger partial charge in [-0.2, -0.15) is 0 Å². The Morgan fingerprint density at radius 3 is 2.83 bits per heavy atom. The van der Waals surface area contributed by atoms with Crippen LogP contribution in [0.2, 0.25) is 0 Å². The van der Waals surface area contributed by atoms with Crippen molar-refractivity contribution >= 4 is 17.7 Å². The molecule has 150 valence electrons. The Balaban J connectivity index is 2.10. The third kappa shape index (κ3) is 2.46. The van der Waals surface area contributed by atoms with Gasteiger partial charge in [-0.25, -0.2) is 4.79 Å². The fraction of sp³-hybridized carbons (Fsp3) is 0.318. The Morgan fingerprint density at radius 2 is 2.10 bits per heavy atom. The first kappa shape index (κ1) is 19.0. The second-order valence-electron chi connectivity index (χ2n) is 7.11. The number of fused-ring (bicyclic) bond motifs is 3. The van der Waals surface area contributed by atoms with Crippen molar-refractivity contribution in [2.45, 2.75) is 31.6 Å². The van der Waals surface area contributed by atoms with Crippen molar-refractivity contribution < 1.29 is 23.9 Å². The third-order valence-corrected chi connectivity index (χ3v) is 5.58. The Hall–Kier alpha value is -3.35. The van der Waals surface area contributed by atoms with Gasteiger partial charge in [-0.15, -0.1) is 6.58 Å². The van der Waals surface area contributed by atoms with Crippen molar-refractivity contribution in [2.24, 2.45) is 5.73 Å². The number of para-hydroxylation sites is 1. The number of carbonyl (C=O) groups excluding carboxylic acids is 3. The van der Waals surface area contributed by atoms with E-state index in [0.717, 1.165) is 0 Å². The third-order valence-electron chi connectivity index (χ3n) is 5.58. The van der Waals surface area contributed by atoms with Crippen LogP contribution in [0.4, 0.5) is 0 Å². The highest BCUT2D eigenvalue weighted by Gasteiger charge is 2.63. The molecule has 2 aliphatic heterocycles.